The number of halogens is 3. The third kappa shape index (κ3) is 5.60. The van der Waals surface area contributed by atoms with E-state index in [0.717, 1.165) is 12.2 Å². The van der Waals surface area contributed by atoms with Crippen LogP contribution in [-0.4, -0.2) is 58.2 Å². The van der Waals surface area contributed by atoms with Crippen molar-refractivity contribution < 1.29 is 28.6 Å². The number of likely N-dealkylation sites (tertiary alicyclic amines) is 1. The van der Waals surface area contributed by atoms with Crippen LogP contribution in [0.15, 0.2) is 42.7 Å². The molecular weight excluding hydrogens is 514 g/mol. The quantitative estimate of drug-likeness (QED) is 0.327. The van der Waals surface area contributed by atoms with Gasteiger partial charge in [0.1, 0.15) is 18.2 Å². The summed E-state index contributed by atoms with van der Waals surface area (Å²) >= 11 is 11.8. The van der Waals surface area contributed by atoms with Gasteiger partial charge in [0, 0.05) is 49.5 Å². The molecule has 9 nitrogen and oxygen atoms in total. The molecule has 0 aliphatic carbocycles. The van der Waals surface area contributed by atoms with Crippen molar-refractivity contribution in [3.63, 3.8) is 0 Å². The average Bonchev–Trinajstić information content (AvgIpc) is 2.88. The summed E-state index contributed by atoms with van der Waals surface area (Å²) in [6, 6.07) is 6.33. The molecule has 3 aromatic rings. The molecule has 0 atom stereocenters. The molecule has 2 aromatic carbocycles. The molecule has 1 aromatic heterocycles. The number of aliphatic carboxylic acids is 1. The van der Waals surface area contributed by atoms with Gasteiger partial charge in [-0.1, -0.05) is 23.2 Å². The van der Waals surface area contributed by atoms with Gasteiger partial charge >= 0.3 is 5.97 Å². The zero-order valence-corrected chi connectivity index (χ0v) is 20.5. The average molecular weight is 535 g/mol. The van der Waals surface area contributed by atoms with Gasteiger partial charge in [0.2, 0.25) is 5.91 Å². The molecule has 0 radical (unpaired) electrons. The van der Waals surface area contributed by atoms with Crippen molar-refractivity contribution in [2.75, 3.05) is 25.5 Å². The summed E-state index contributed by atoms with van der Waals surface area (Å²) in [4.78, 5) is 32.8. The SMILES string of the molecule is COc1cc2ncnc(Nc3ccc(Cl)c(Cl)c3F)c2cc1OC1CCN(C(=O)/C=C\C(=O)O)CC1. The van der Waals surface area contributed by atoms with Gasteiger partial charge in [-0.05, 0) is 18.2 Å². The van der Waals surface area contributed by atoms with Gasteiger partial charge in [0.25, 0.3) is 0 Å². The highest BCUT2D eigenvalue weighted by molar-refractivity contribution is 6.42. The van der Waals surface area contributed by atoms with E-state index >= 15 is 0 Å². The normalized spacial score (nSPS) is 14.3. The number of piperidine rings is 1. The Morgan fingerprint density at radius 1 is 1.17 bits per heavy atom. The van der Waals surface area contributed by atoms with E-state index in [0.29, 0.717) is 54.2 Å². The monoisotopic (exact) mass is 534 g/mol. The fourth-order valence-electron chi connectivity index (χ4n) is 3.79. The number of nitrogens with zero attached hydrogens (tertiary/aromatic N) is 3. The first-order valence-corrected chi connectivity index (χ1v) is 11.6. The van der Waals surface area contributed by atoms with E-state index in [2.05, 4.69) is 15.3 Å². The van der Waals surface area contributed by atoms with Crippen LogP contribution in [0.5, 0.6) is 11.5 Å². The summed E-state index contributed by atoms with van der Waals surface area (Å²) in [6.07, 6.45) is 4.07. The Kier molecular flexibility index (Phi) is 7.76. The molecule has 0 saturated carbocycles. The molecular formula is C24H21Cl2FN4O5. The summed E-state index contributed by atoms with van der Waals surface area (Å²) in [5, 5.41) is 12.1. The summed E-state index contributed by atoms with van der Waals surface area (Å²) in [5.74, 6) is -1.02. The molecule has 2 N–H and O–H groups in total. The molecule has 2 heterocycles. The van der Waals surface area contributed by atoms with Gasteiger partial charge in [-0.3, -0.25) is 4.79 Å². The highest BCUT2D eigenvalue weighted by Gasteiger charge is 2.24. The maximum atomic E-state index is 14.6. The minimum absolute atomic E-state index is 0.0941. The van der Waals surface area contributed by atoms with Crippen molar-refractivity contribution in [1.29, 1.82) is 0 Å². The van der Waals surface area contributed by atoms with Crippen molar-refractivity contribution in [3.05, 3.63) is 58.6 Å². The number of carboxylic acid groups (broad SMARTS) is 1. The van der Waals surface area contributed by atoms with E-state index in [1.165, 1.54) is 25.6 Å². The first-order chi connectivity index (χ1) is 17.3. The first kappa shape index (κ1) is 25.5. The number of amides is 1. The summed E-state index contributed by atoms with van der Waals surface area (Å²) < 4.78 is 26.3. The number of hydrogen-bond acceptors (Lipinski definition) is 7. The topological polar surface area (TPSA) is 114 Å². The lowest BCUT2D eigenvalue weighted by molar-refractivity contribution is -0.132. The van der Waals surface area contributed by atoms with Crippen LogP contribution in [0.2, 0.25) is 10.0 Å². The van der Waals surface area contributed by atoms with Crippen LogP contribution < -0.4 is 14.8 Å². The Morgan fingerprint density at radius 3 is 2.61 bits per heavy atom. The number of carboxylic acids is 1. The molecule has 36 heavy (non-hydrogen) atoms. The Balaban J connectivity index is 1.55. The number of fused-ring (bicyclic) bond motifs is 1. The van der Waals surface area contributed by atoms with Crippen LogP contribution in [0.3, 0.4) is 0 Å². The van der Waals surface area contributed by atoms with Gasteiger partial charge in [0.15, 0.2) is 17.3 Å². The second-order valence-corrected chi connectivity index (χ2v) is 8.69. The van der Waals surface area contributed by atoms with E-state index in [1.54, 1.807) is 17.0 Å². The summed E-state index contributed by atoms with van der Waals surface area (Å²) in [7, 11) is 1.51. The first-order valence-electron chi connectivity index (χ1n) is 10.9. The Labute approximate surface area is 215 Å². The predicted octanol–water partition coefficient (Wildman–Crippen LogP) is 4.84. The van der Waals surface area contributed by atoms with Crippen LogP contribution in [0.1, 0.15) is 12.8 Å². The lowest BCUT2D eigenvalue weighted by Gasteiger charge is -2.31. The second-order valence-electron chi connectivity index (χ2n) is 7.90. The van der Waals surface area contributed by atoms with Crippen molar-refractivity contribution >= 4 is 57.5 Å². The number of ether oxygens (including phenoxy) is 2. The van der Waals surface area contributed by atoms with Gasteiger partial charge in [0.05, 0.1) is 28.4 Å². The van der Waals surface area contributed by atoms with Crippen molar-refractivity contribution in [2.24, 2.45) is 0 Å². The van der Waals surface area contributed by atoms with Gasteiger partial charge in [-0.2, -0.15) is 0 Å². The van der Waals surface area contributed by atoms with Crippen molar-refractivity contribution in [2.45, 2.75) is 18.9 Å². The Morgan fingerprint density at radius 2 is 1.92 bits per heavy atom. The van der Waals surface area contributed by atoms with Crippen LogP contribution >= 0.6 is 23.2 Å². The predicted molar refractivity (Wildman–Crippen MR) is 133 cm³/mol. The van der Waals surface area contributed by atoms with E-state index in [1.807, 2.05) is 0 Å². The Hall–Kier alpha value is -3.63. The molecule has 4 rings (SSSR count). The van der Waals surface area contributed by atoms with E-state index in [9.17, 15) is 14.0 Å². The minimum Gasteiger partial charge on any atom is -0.493 e. The number of carbonyl (C=O) groups is 2. The minimum atomic E-state index is -1.18. The third-order valence-electron chi connectivity index (χ3n) is 5.62. The summed E-state index contributed by atoms with van der Waals surface area (Å²) in [6.45, 7) is 0.825. The van der Waals surface area contributed by atoms with Gasteiger partial charge in [-0.25, -0.2) is 19.2 Å². The standard InChI is InChI=1S/C24H21Cl2FN4O5/c1-35-18-11-17-14(24(29-12-28-17)30-16-3-2-15(25)22(26)23(16)27)10-19(18)36-13-6-8-31(9-7-13)20(32)4-5-21(33)34/h2-5,10-13H,6-9H2,1H3,(H,33,34)(H,28,29,30)/b5-4-. The van der Waals surface area contributed by atoms with Gasteiger partial charge < -0.3 is 24.8 Å². The smallest absolute Gasteiger partial charge is 0.328 e. The maximum Gasteiger partial charge on any atom is 0.328 e. The number of carbonyl (C=O) groups excluding carboxylic acids is 1. The summed E-state index contributed by atoms with van der Waals surface area (Å²) in [5.41, 5.74) is 0.638. The number of anilines is 2. The molecule has 12 heteroatoms. The Bertz CT molecular complexity index is 1350. The van der Waals surface area contributed by atoms with Crippen LogP contribution in [-0.2, 0) is 9.59 Å². The number of nitrogens with one attached hydrogen (secondary N) is 1. The molecule has 1 aliphatic rings. The van der Waals surface area contributed by atoms with E-state index in [4.69, 9.17) is 37.8 Å². The fourth-order valence-corrected chi connectivity index (χ4v) is 4.10. The molecule has 188 valence electrons. The van der Waals surface area contributed by atoms with Crippen molar-refractivity contribution in [3.8, 4) is 11.5 Å². The molecule has 1 fully saturated rings. The number of benzene rings is 2. The fraction of sp³-hybridized carbons (Fsp3) is 0.250. The molecule has 1 amide bonds. The highest BCUT2D eigenvalue weighted by Crippen LogP contribution is 2.37. The third-order valence-corrected chi connectivity index (χ3v) is 6.41. The lowest BCUT2D eigenvalue weighted by Crippen LogP contribution is -2.41. The van der Waals surface area contributed by atoms with Crippen molar-refractivity contribution in [1.82, 2.24) is 14.9 Å². The molecule has 1 saturated heterocycles. The highest BCUT2D eigenvalue weighted by atomic mass is 35.5. The lowest BCUT2D eigenvalue weighted by atomic mass is 10.1. The number of rotatable bonds is 7. The van der Waals surface area contributed by atoms with Crippen LogP contribution in [0.25, 0.3) is 10.9 Å². The molecule has 0 spiro atoms. The van der Waals surface area contributed by atoms with E-state index in [-0.39, 0.29) is 27.7 Å². The largest absolute Gasteiger partial charge is 0.493 e. The zero-order valence-electron chi connectivity index (χ0n) is 19.0. The number of methoxy groups -OCH3 is 1. The number of hydrogen-bond donors (Lipinski definition) is 2. The van der Waals surface area contributed by atoms with Gasteiger partial charge in [-0.15, -0.1) is 0 Å². The van der Waals surface area contributed by atoms with Crippen LogP contribution in [0.4, 0.5) is 15.9 Å². The molecule has 0 bridgehead atoms. The number of aromatic nitrogens is 2. The molecule has 1 aliphatic heterocycles. The second kappa shape index (κ2) is 11.0. The van der Waals surface area contributed by atoms with E-state index < -0.39 is 11.8 Å². The maximum absolute atomic E-state index is 14.6. The molecule has 0 unspecified atom stereocenters. The van der Waals surface area contributed by atoms with Crippen LogP contribution in [0, 0.1) is 5.82 Å². The zero-order chi connectivity index (χ0) is 25.8.